The number of aliphatic hydroxyl groups is 1. The fourth-order valence-corrected chi connectivity index (χ4v) is 2.54. The number of hydrogen-bond donors (Lipinski definition) is 2. The lowest BCUT2D eigenvalue weighted by molar-refractivity contribution is -0.122. The lowest BCUT2D eigenvalue weighted by Gasteiger charge is -2.30. The second kappa shape index (κ2) is 6.54. The first-order valence-corrected chi connectivity index (χ1v) is 6.65. The maximum Gasteiger partial charge on any atom is 0.222 e. The summed E-state index contributed by atoms with van der Waals surface area (Å²) in [7, 11) is 0. The molecule has 1 heterocycles. The van der Waals surface area contributed by atoms with Crippen molar-refractivity contribution in [1.29, 1.82) is 0 Å². The van der Waals surface area contributed by atoms with Crippen LogP contribution in [0.1, 0.15) is 32.1 Å². The van der Waals surface area contributed by atoms with Crippen LogP contribution in [0.3, 0.4) is 0 Å². The highest BCUT2D eigenvalue weighted by molar-refractivity contribution is 5.76. The van der Waals surface area contributed by atoms with Gasteiger partial charge in [-0.2, -0.15) is 0 Å². The molecule has 2 unspecified atom stereocenters. The number of aryl methyl sites for hydroxylation is 1. The Kier molecular flexibility index (Phi) is 4.75. The third kappa shape index (κ3) is 3.57. The van der Waals surface area contributed by atoms with Gasteiger partial charge in [0.25, 0.3) is 0 Å². The molecule has 1 amide bonds. The highest BCUT2D eigenvalue weighted by Crippen LogP contribution is 2.23. The molecule has 1 aromatic rings. The van der Waals surface area contributed by atoms with Crippen molar-refractivity contribution >= 4 is 5.91 Å². The molecular weight excluding hydrogens is 230 g/mol. The van der Waals surface area contributed by atoms with Gasteiger partial charge in [-0.3, -0.25) is 4.79 Å². The second-order valence-electron chi connectivity index (χ2n) is 4.95. The van der Waals surface area contributed by atoms with Gasteiger partial charge in [0, 0.05) is 43.9 Å². The lowest BCUT2D eigenvalue weighted by Crippen LogP contribution is -2.43. The molecule has 1 aliphatic carbocycles. The zero-order valence-electron chi connectivity index (χ0n) is 10.6. The van der Waals surface area contributed by atoms with Gasteiger partial charge in [-0.15, -0.1) is 0 Å². The monoisotopic (exact) mass is 251 g/mol. The van der Waals surface area contributed by atoms with Gasteiger partial charge in [0.1, 0.15) is 0 Å². The first-order valence-electron chi connectivity index (χ1n) is 6.65. The maximum atomic E-state index is 11.8. The highest BCUT2D eigenvalue weighted by atomic mass is 16.3. The van der Waals surface area contributed by atoms with E-state index in [1.54, 1.807) is 12.5 Å². The van der Waals surface area contributed by atoms with Gasteiger partial charge >= 0.3 is 0 Å². The molecule has 18 heavy (non-hydrogen) atoms. The molecule has 2 N–H and O–H groups in total. The molecule has 0 bridgehead atoms. The highest BCUT2D eigenvalue weighted by Gasteiger charge is 2.25. The quantitative estimate of drug-likeness (QED) is 0.818. The Bertz CT molecular complexity index is 364. The minimum Gasteiger partial charge on any atom is -0.396 e. The van der Waals surface area contributed by atoms with Gasteiger partial charge in [-0.05, 0) is 12.8 Å². The summed E-state index contributed by atoms with van der Waals surface area (Å²) in [6, 6.07) is 0.152. The largest absolute Gasteiger partial charge is 0.396 e. The molecule has 5 heteroatoms. The van der Waals surface area contributed by atoms with Gasteiger partial charge < -0.3 is 15.0 Å². The molecule has 0 aliphatic heterocycles. The molecule has 2 atom stereocenters. The van der Waals surface area contributed by atoms with Crippen LogP contribution in [0.2, 0.25) is 0 Å². The number of nitrogens with zero attached hydrogens (tertiary/aromatic N) is 2. The van der Waals surface area contributed by atoms with Crippen molar-refractivity contribution in [2.45, 2.75) is 44.7 Å². The summed E-state index contributed by atoms with van der Waals surface area (Å²) >= 11 is 0. The summed E-state index contributed by atoms with van der Waals surface area (Å²) in [4.78, 5) is 15.8. The number of imidazole rings is 1. The van der Waals surface area contributed by atoms with E-state index in [4.69, 9.17) is 0 Å². The molecule has 1 saturated carbocycles. The van der Waals surface area contributed by atoms with Crippen molar-refractivity contribution in [1.82, 2.24) is 14.9 Å². The van der Waals surface area contributed by atoms with E-state index >= 15 is 0 Å². The van der Waals surface area contributed by atoms with Gasteiger partial charge in [-0.1, -0.05) is 12.8 Å². The Hall–Kier alpha value is -1.36. The Morgan fingerprint density at radius 3 is 3.00 bits per heavy atom. The number of hydrogen-bond acceptors (Lipinski definition) is 3. The summed E-state index contributed by atoms with van der Waals surface area (Å²) in [6.45, 7) is 0.828. The van der Waals surface area contributed by atoms with Gasteiger partial charge in [0.15, 0.2) is 0 Å². The Morgan fingerprint density at radius 1 is 1.44 bits per heavy atom. The Morgan fingerprint density at radius 2 is 2.28 bits per heavy atom. The molecule has 1 aromatic heterocycles. The third-order valence-corrected chi connectivity index (χ3v) is 3.65. The van der Waals surface area contributed by atoms with Crippen molar-refractivity contribution in [3.05, 3.63) is 18.7 Å². The van der Waals surface area contributed by atoms with Crippen molar-refractivity contribution in [2.75, 3.05) is 6.61 Å². The number of rotatable bonds is 5. The van der Waals surface area contributed by atoms with Crippen LogP contribution in [0.25, 0.3) is 0 Å². The number of nitrogens with one attached hydrogen (secondary N) is 1. The minimum atomic E-state index is 0.0639. The smallest absolute Gasteiger partial charge is 0.222 e. The van der Waals surface area contributed by atoms with Crippen LogP contribution in [0.5, 0.6) is 0 Å². The number of aromatic nitrogens is 2. The standard InChI is InChI=1S/C13H21N3O2/c17-9-11-3-1-2-4-12(11)15-13(18)5-7-16-8-6-14-10-16/h6,8,10-12,17H,1-5,7,9H2,(H,15,18). The fourth-order valence-electron chi connectivity index (χ4n) is 2.54. The van der Waals surface area contributed by atoms with Crippen LogP contribution in [-0.2, 0) is 11.3 Å². The van der Waals surface area contributed by atoms with Gasteiger partial charge in [0.2, 0.25) is 5.91 Å². The number of carbonyl (C=O) groups excluding carboxylic acids is 1. The molecule has 100 valence electrons. The molecule has 5 nitrogen and oxygen atoms in total. The van der Waals surface area contributed by atoms with Crippen LogP contribution >= 0.6 is 0 Å². The van der Waals surface area contributed by atoms with Gasteiger partial charge in [-0.25, -0.2) is 4.98 Å². The number of aliphatic hydroxyl groups excluding tert-OH is 1. The number of carbonyl (C=O) groups is 1. The summed E-state index contributed by atoms with van der Waals surface area (Å²) in [6.07, 6.45) is 10.0. The van der Waals surface area contributed by atoms with E-state index in [1.165, 1.54) is 0 Å². The molecule has 0 saturated heterocycles. The zero-order valence-corrected chi connectivity index (χ0v) is 10.6. The summed E-state index contributed by atoms with van der Waals surface area (Å²) in [5.74, 6) is 0.296. The van der Waals surface area contributed by atoms with Crippen molar-refractivity contribution in [3.63, 3.8) is 0 Å². The normalized spacial score (nSPS) is 23.8. The van der Waals surface area contributed by atoms with E-state index in [0.29, 0.717) is 13.0 Å². The predicted molar refractivity (Wildman–Crippen MR) is 67.8 cm³/mol. The molecule has 1 fully saturated rings. The summed E-state index contributed by atoms with van der Waals surface area (Å²) < 4.78 is 1.89. The molecule has 0 aromatic carbocycles. The van der Waals surface area contributed by atoms with Crippen molar-refractivity contribution in [2.24, 2.45) is 5.92 Å². The summed E-state index contributed by atoms with van der Waals surface area (Å²) in [5, 5.41) is 12.3. The van der Waals surface area contributed by atoms with E-state index in [2.05, 4.69) is 10.3 Å². The second-order valence-corrected chi connectivity index (χ2v) is 4.95. The van der Waals surface area contributed by atoms with Crippen LogP contribution in [0.4, 0.5) is 0 Å². The van der Waals surface area contributed by atoms with Crippen molar-refractivity contribution in [3.8, 4) is 0 Å². The van der Waals surface area contributed by atoms with Gasteiger partial charge in [0.05, 0.1) is 6.33 Å². The predicted octanol–water partition coefficient (Wildman–Crippen LogP) is 0.940. The Labute approximate surface area is 107 Å². The molecule has 2 rings (SSSR count). The van der Waals surface area contributed by atoms with Crippen LogP contribution in [0.15, 0.2) is 18.7 Å². The molecule has 0 spiro atoms. The average Bonchev–Trinajstić information content (AvgIpc) is 2.90. The first kappa shape index (κ1) is 13.1. The molecule has 0 radical (unpaired) electrons. The summed E-state index contributed by atoms with van der Waals surface area (Å²) in [5.41, 5.74) is 0. The first-order chi connectivity index (χ1) is 8.79. The van der Waals surface area contributed by atoms with Crippen LogP contribution in [0, 0.1) is 5.92 Å². The molecule has 1 aliphatic rings. The SMILES string of the molecule is O=C(CCn1ccnc1)NC1CCCCC1CO. The van der Waals surface area contributed by atoms with E-state index in [1.807, 2.05) is 10.8 Å². The topological polar surface area (TPSA) is 67.2 Å². The van der Waals surface area contributed by atoms with E-state index in [9.17, 15) is 9.90 Å². The minimum absolute atomic E-state index is 0.0639. The average molecular weight is 251 g/mol. The van der Waals surface area contributed by atoms with Crippen LogP contribution < -0.4 is 5.32 Å². The lowest BCUT2D eigenvalue weighted by atomic mass is 9.85. The fraction of sp³-hybridized carbons (Fsp3) is 0.692. The maximum absolute atomic E-state index is 11.8. The van der Waals surface area contributed by atoms with E-state index in [-0.39, 0.29) is 24.5 Å². The van der Waals surface area contributed by atoms with E-state index < -0.39 is 0 Å². The van der Waals surface area contributed by atoms with Crippen LogP contribution in [-0.4, -0.2) is 33.2 Å². The Balaban J connectivity index is 1.75. The third-order valence-electron chi connectivity index (χ3n) is 3.65. The zero-order chi connectivity index (χ0) is 12.8. The number of amides is 1. The van der Waals surface area contributed by atoms with E-state index in [0.717, 1.165) is 25.7 Å². The molecular formula is C13H21N3O2. The van der Waals surface area contributed by atoms with Crippen molar-refractivity contribution < 1.29 is 9.90 Å².